The smallest absolute Gasteiger partial charge is 0.238 e. The molecule has 3 amide bonds. The topological polar surface area (TPSA) is 90.5 Å². The van der Waals surface area contributed by atoms with Gasteiger partial charge in [-0.2, -0.15) is 0 Å². The number of hydrogen-bond acceptors (Lipinski definition) is 4. The summed E-state index contributed by atoms with van der Waals surface area (Å²) in [6, 6.07) is 11.6. The van der Waals surface area contributed by atoms with E-state index < -0.39 is 0 Å². The third-order valence-corrected chi connectivity index (χ3v) is 4.44. The molecule has 0 saturated heterocycles. The van der Waals surface area contributed by atoms with Crippen LogP contribution in [0.2, 0.25) is 10.0 Å². The number of likely N-dealkylation sites (N-methyl/N-ethyl adjacent to an activating group) is 1. The van der Waals surface area contributed by atoms with Gasteiger partial charge < -0.3 is 16.0 Å². The van der Waals surface area contributed by atoms with E-state index in [-0.39, 0.29) is 30.8 Å². The Bertz CT molecular complexity index is 888. The van der Waals surface area contributed by atoms with Gasteiger partial charge in [-0.05, 0) is 49.0 Å². The summed E-state index contributed by atoms with van der Waals surface area (Å²) in [4.78, 5) is 37.3. The summed E-state index contributed by atoms with van der Waals surface area (Å²) in [6.07, 6.45) is 0. The second-order valence-electron chi connectivity index (χ2n) is 6.28. The van der Waals surface area contributed by atoms with Crippen molar-refractivity contribution in [2.75, 3.05) is 35.6 Å². The van der Waals surface area contributed by atoms with Gasteiger partial charge in [-0.3, -0.25) is 19.3 Å². The first-order chi connectivity index (χ1) is 13.8. The molecule has 2 rings (SSSR count). The highest BCUT2D eigenvalue weighted by molar-refractivity contribution is 6.35. The number of carbonyl (C=O) groups excluding carboxylic acids is 3. The van der Waals surface area contributed by atoms with Crippen molar-refractivity contribution in [3.63, 3.8) is 0 Å². The van der Waals surface area contributed by atoms with Crippen molar-refractivity contribution >= 4 is 58.0 Å². The van der Waals surface area contributed by atoms with Crippen molar-refractivity contribution in [2.24, 2.45) is 0 Å². The van der Waals surface area contributed by atoms with Crippen molar-refractivity contribution < 1.29 is 14.4 Å². The van der Waals surface area contributed by atoms with Crippen LogP contribution in [-0.2, 0) is 14.4 Å². The van der Waals surface area contributed by atoms with Gasteiger partial charge in [0.2, 0.25) is 17.7 Å². The highest BCUT2D eigenvalue weighted by atomic mass is 35.5. The van der Waals surface area contributed by atoms with E-state index in [2.05, 4.69) is 16.0 Å². The maximum Gasteiger partial charge on any atom is 0.238 e. The number of amides is 3. The van der Waals surface area contributed by atoms with Gasteiger partial charge in [0.25, 0.3) is 0 Å². The molecule has 9 heteroatoms. The lowest BCUT2D eigenvalue weighted by molar-refractivity contribution is -0.120. The van der Waals surface area contributed by atoms with E-state index >= 15 is 0 Å². The Morgan fingerprint density at radius 3 is 1.97 bits per heavy atom. The molecule has 2 aromatic rings. The predicted octanol–water partition coefficient (Wildman–Crippen LogP) is 3.85. The van der Waals surface area contributed by atoms with Gasteiger partial charge in [0.05, 0.1) is 23.8 Å². The molecule has 7 nitrogen and oxygen atoms in total. The maximum absolute atomic E-state index is 12.3. The summed E-state index contributed by atoms with van der Waals surface area (Å²) < 4.78 is 0. The fourth-order valence-corrected chi connectivity index (χ4v) is 2.85. The lowest BCUT2D eigenvalue weighted by atomic mass is 10.2. The molecule has 0 aliphatic heterocycles. The van der Waals surface area contributed by atoms with Gasteiger partial charge in [-0.25, -0.2) is 0 Å². The fraction of sp³-hybridized carbons (Fsp3) is 0.250. The van der Waals surface area contributed by atoms with E-state index in [1.165, 1.54) is 6.92 Å². The molecule has 0 radical (unpaired) electrons. The van der Waals surface area contributed by atoms with Crippen molar-refractivity contribution in [3.05, 3.63) is 52.5 Å². The zero-order valence-electron chi connectivity index (χ0n) is 16.1. The summed E-state index contributed by atoms with van der Waals surface area (Å²) in [7, 11) is 0. The van der Waals surface area contributed by atoms with Crippen LogP contribution >= 0.6 is 23.2 Å². The van der Waals surface area contributed by atoms with E-state index in [4.69, 9.17) is 23.2 Å². The highest BCUT2D eigenvalue weighted by Crippen LogP contribution is 2.25. The minimum atomic E-state index is -0.302. The summed E-state index contributed by atoms with van der Waals surface area (Å²) in [5, 5.41) is 8.95. The van der Waals surface area contributed by atoms with Gasteiger partial charge >= 0.3 is 0 Å². The Morgan fingerprint density at radius 2 is 1.41 bits per heavy atom. The van der Waals surface area contributed by atoms with Crippen LogP contribution in [0.25, 0.3) is 0 Å². The maximum atomic E-state index is 12.3. The third kappa shape index (κ3) is 7.73. The molecule has 154 valence electrons. The van der Waals surface area contributed by atoms with Crippen LogP contribution in [0.4, 0.5) is 17.1 Å². The Kier molecular flexibility index (Phi) is 8.45. The minimum absolute atomic E-state index is 0.0221. The first-order valence-corrected chi connectivity index (χ1v) is 9.67. The Hall–Kier alpha value is -2.61. The first kappa shape index (κ1) is 22.7. The van der Waals surface area contributed by atoms with Gasteiger partial charge in [0.1, 0.15) is 0 Å². The molecule has 0 bridgehead atoms. The van der Waals surface area contributed by atoms with Crippen LogP contribution in [0.5, 0.6) is 0 Å². The van der Waals surface area contributed by atoms with Gasteiger partial charge in [-0.15, -0.1) is 0 Å². The van der Waals surface area contributed by atoms with E-state index in [0.29, 0.717) is 33.7 Å². The van der Waals surface area contributed by atoms with Crippen LogP contribution in [0.1, 0.15) is 13.8 Å². The van der Waals surface area contributed by atoms with Crippen molar-refractivity contribution in [1.82, 2.24) is 4.90 Å². The highest BCUT2D eigenvalue weighted by Gasteiger charge is 2.14. The molecule has 0 saturated carbocycles. The summed E-state index contributed by atoms with van der Waals surface area (Å²) in [6.45, 7) is 3.85. The van der Waals surface area contributed by atoms with E-state index in [9.17, 15) is 14.4 Å². The molecule has 0 aromatic heterocycles. The molecule has 0 spiro atoms. The second-order valence-corrected chi connectivity index (χ2v) is 7.13. The number of carbonyl (C=O) groups is 3. The molecule has 2 aromatic carbocycles. The van der Waals surface area contributed by atoms with Gasteiger partial charge in [-0.1, -0.05) is 30.1 Å². The molecule has 0 heterocycles. The average molecular weight is 437 g/mol. The molecule has 29 heavy (non-hydrogen) atoms. The molecular weight excluding hydrogens is 415 g/mol. The van der Waals surface area contributed by atoms with Crippen LogP contribution < -0.4 is 16.0 Å². The first-order valence-electron chi connectivity index (χ1n) is 8.91. The zero-order chi connectivity index (χ0) is 21.4. The molecular formula is C20H22Cl2N4O3. The van der Waals surface area contributed by atoms with Crippen LogP contribution in [-0.4, -0.2) is 42.3 Å². The SMILES string of the molecule is CCN(CC(=O)Nc1ccc(NC(C)=O)cc1)CC(=O)Nc1cc(Cl)ccc1Cl. The largest absolute Gasteiger partial charge is 0.326 e. The van der Waals surface area contributed by atoms with E-state index in [1.807, 2.05) is 6.92 Å². The number of benzene rings is 2. The molecule has 0 aliphatic carbocycles. The van der Waals surface area contributed by atoms with Crippen LogP contribution in [0.15, 0.2) is 42.5 Å². The van der Waals surface area contributed by atoms with Crippen LogP contribution in [0.3, 0.4) is 0 Å². The molecule has 0 aliphatic rings. The normalized spacial score (nSPS) is 10.5. The molecule has 0 unspecified atom stereocenters. The summed E-state index contributed by atoms with van der Waals surface area (Å²) in [5.41, 5.74) is 1.65. The zero-order valence-corrected chi connectivity index (χ0v) is 17.6. The van der Waals surface area contributed by atoms with Gasteiger partial charge in [0.15, 0.2) is 0 Å². The standard InChI is InChI=1S/C20H22Cl2N4O3/c1-3-26(12-20(29)25-18-10-14(21)4-9-17(18)22)11-19(28)24-16-7-5-15(6-8-16)23-13(2)27/h4-10H,3,11-12H2,1-2H3,(H,23,27)(H,24,28)(H,25,29). The third-order valence-electron chi connectivity index (χ3n) is 3.87. The van der Waals surface area contributed by atoms with Crippen molar-refractivity contribution in [2.45, 2.75) is 13.8 Å². The van der Waals surface area contributed by atoms with E-state index in [1.54, 1.807) is 47.4 Å². The Labute approximate surface area is 179 Å². The number of nitrogens with one attached hydrogen (secondary N) is 3. The summed E-state index contributed by atoms with van der Waals surface area (Å²) in [5.74, 6) is -0.728. The average Bonchev–Trinajstić information content (AvgIpc) is 2.65. The minimum Gasteiger partial charge on any atom is -0.326 e. The Balaban J connectivity index is 1.88. The number of rotatable bonds is 8. The molecule has 0 atom stereocenters. The van der Waals surface area contributed by atoms with Crippen LogP contribution in [0, 0.1) is 0 Å². The van der Waals surface area contributed by atoms with E-state index in [0.717, 1.165) is 0 Å². The lowest BCUT2D eigenvalue weighted by Crippen LogP contribution is -2.38. The Morgan fingerprint density at radius 1 is 0.862 bits per heavy atom. The van der Waals surface area contributed by atoms with Gasteiger partial charge in [0, 0.05) is 23.3 Å². The van der Waals surface area contributed by atoms with Crippen molar-refractivity contribution in [1.29, 1.82) is 0 Å². The predicted molar refractivity (Wildman–Crippen MR) is 117 cm³/mol. The second kappa shape index (κ2) is 10.8. The number of anilines is 3. The monoisotopic (exact) mass is 436 g/mol. The number of halogens is 2. The number of nitrogens with zero attached hydrogens (tertiary/aromatic N) is 1. The fourth-order valence-electron chi connectivity index (χ4n) is 2.51. The lowest BCUT2D eigenvalue weighted by Gasteiger charge is -2.19. The van der Waals surface area contributed by atoms with Crippen molar-refractivity contribution in [3.8, 4) is 0 Å². The number of hydrogen-bond donors (Lipinski definition) is 3. The molecule has 0 fully saturated rings. The summed E-state index contributed by atoms with van der Waals surface area (Å²) >= 11 is 12.0. The molecule has 3 N–H and O–H groups in total. The quantitative estimate of drug-likeness (QED) is 0.585.